The summed E-state index contributed by atoms with van der Waals surface area (Å²) in [6, 6.07) is 0. The average molecular weight is 775 g/mol. The molecular formula is C51H82O5. The van der Waals surface area contributed by atoms with Gasteiger partial charge in [-0.25, -0.2) is 0 Å². The van der Waals surface area contributed by atoms with E-state index < -0.39 is 0 Å². The summed E-state index contributed by atoms with van der Waals surface area (Å²) >= 11 is 0. The fraction of sp³-hybridized carbons (Fsp3) is 0.843. The Balaban J connectivity index is 0.000000129. The van der Waals surface area contributed by atoms with Crippen molar-refractivity contribution in [1.82, 2.24) is 0 Å². The number of fused-ring (bicyclic) bond motifs is 12. The molecule has 0 aromatic carbocycles. The van der Waals surface area contributed by atoms with Crippen molar-refractivity contribution >= 4 is 11.9 Å². The smallest absolute Gasteiger partial charge is 0.308 e. The second kappa shape index (κ2) is 19.5. The van der Waals surface area contributed by atoms with Crippen LogP contribution in [0.15, 0.2) is 37.5 Å². The molecule has 0 spiro atoms. The average Bonchev–Trinajstić information content (AvgIpc) is 4.07. The van der Waals surface area contributed by atoms with Gasteiger partial charge in [-0.15, -0.1) is 13.2 Å². The van der Waals surface area contributed by atoms with E-state index >= 15 is 0 Å². The molecule has 0 N–H and O–H groups in total. The van der Waals surface area contributed by atoms with E-state index in [1.54, 1.807) is 0 Å². The molecule has 9 aliphatic rings. The Morgan fingerprint density at radius 3 is 1.86 bits per heavy atom. The van der Waals surface area contributed by atoms with Crippen molar-refractivity contribution in [1.29, 1.82) is 0 Å². The molecule has 8 saturated carbocycles. The lowest BCUT2D eigenvalue weighted by Gasteiger charge is -2.31. The van der Waals surface area contributed by atoms with Gasteiger partial charge < -0.3 is 14.2 Å². The highest BCUT2D eigenvalue weighted by Gasteiger charge is 2.56. The SMILES string of the molecule is C=CC1CC2CC1C(C)C2C.C=CC1CCC(C)C(OC)C1.CCC(C)C(=O)OC1CC2CC1C1C=CCC21.CCC(C)C(=O)OC1CC2CC1C1CCCC21. The first kappa shape index (κ1) is 43.7. The minimum atomic E-state index is 0.0172. The number of esters is 2. The number of hydrogen-bond donors (Lipinski definition) is 0. The monoisotopic (exact) mass is 775 g/mol. The fourth-order valence-corrected chi connectivity index (χ4v) is 13.7. The molecule has 20 unspecified atom stereocenters. The Morgan fingerprint density at radius 1 is 0.661 bits per heavy atom. The van der Waals surface area contributed by atoms with Crippen molar-refractivity contribution in [3.05, 3.63) is 37.5 Å². The number of allylic oxidation sites excluding steroid dienone is 4. The van der Waals surface area contributed by atoms with Gasteiger partial charge in [0.15, 0.2) is 0 Å². The molecule has 8 fully saturated rings. The minimum absolute atomic E-state index is 0.0172. The second-order valence-electron chi connectivity index (χ2n) is 20.6. The maximum atomic E-state index is 11.9. The van der Waals surface area contributed by atoms with Crippen molar-refractivity contribution < 1.29 is 23.8 Å². The van der Waals surface area contributed by atoms with Crippen LogP contribution in [-0.4, -0.2) is 37.4 Å². The molecule has 0 aromatic heterocycles. The maximum Gasteiger partial charge on any atom is 0.308 e. The third kappa shape index (κ3) is 9.28. The highest BCUT2D eigenvalue weighted by atomic mass is 16.5. The predicted octanol–water partition coefficient (Wildman–Crippen LogP) is 12.3. The Kier molecular flexibility index (Phi) is 15.2. The van der Waals surface area contributed by atoms with Gasteiger partial charge in [0.05, 0.1) is 17.9 Å². The number of hydrogen-bond acceptors (Lipinski definition) is 5. The second-order valence-corrected chi connectivity index (χ2v) is 20.6. The van der Waals surface area contributed by atoms with Gasteiger partial charge in [-0.1, -0.05) is 79.2 Å². The largest absolute Gasteiger partial charge is 0.462 e. The molecule has 20 atom stereocenters. The molecule has 5 heteroatoms. The van der Waals surface area contributed by atoms with Gasteiger partial charge in [0.1, 0.15) is 12.2 Å². The number of ether oxygens (including phenoxy) is 3. The summed E-state index contributed by atoms with van der Waals surface area (Å²) in [5.41, 5.74) is 0. The molecule has 316 valence electrons. The van der Waals surface area contributed by atoms with Crippen LogP contribution >= 0.6 is 0 Å². The third-order valence-electron chi connectivity index (χ3n) is 17.9. The topological polar surface area (TPSA) is 61.8 Å². The van der Waals surface area contributed by atoms with Crippen molar-refractivity contribution in [2.75, 3.05) is 7.11 Å². The van der Waals surface area contributed by atoms with Gasteiger partial charge in [-0.2, -0.15) is 0 Å². The summed E-state index contributed by atoms with van der Waals surface area (Å²) in [4.78, 5) is 23.7. The Morgan fingerprint density at radius 2 is 1.27 bits per heavy atom. The lowest BCUT2D eigenvalue weighted by Crippen LogP contribution is -2.33. The van der Waals surface area contributed by atoms with Crippen LogP contribution in [0, 0.1) is 101 Å². The molecule has 5 nitrogen and oxygen atoms in total. The third-order valence-corrected chi connectivity index (χ3v) is 17.9. The summed E-state index contributed by atoms with van der Waals surface area (Å²) in [7, 11) is 1.81. The standard InChI is InChI=1S/C15H24O2.C15H22O2.C11H18.C10H18O/c2*1-3-9(2)15(16)17-14-8-10-7-13(14)12-6-4-5-11(10)12;1-4-9-5-10-6-11(9)8(3)7(10)2;1-4-9-6-5-8(2)10(7-9)11-3/h9-14H,3-8H2,1-2H3;4,6,9-14H,3,5,7-8H2,1-2H3;4,7-11H,1,5-6H2,2-3H3;4,8-10H,1,5-7H2,2-3H3. The van der Waals surface area contributed by atoms with E-state index in [2.05, 4.69) is 65.2 Å². The highest BCUT2D eigenvalue weighted by molar-refractivity contribution is 5.72. The Bertz CT molecular complexity index is 1350. The molecule has 0 saturated heterocycles. The van der Waals surface area contributed by atoms with E-state index in [-0.39, 0.29) is 36.0 Å². The molecular weight excluding hydrogens is 693 g/mol. The number of carbonyl (C=O) groups excluding carboxylic acids is 2. The predicted molar refractivity (Wildman–Crippen MR) is 228 cm³/mol. The van der Waals surface area contributed by atoms with Crippen LogP contribution < -0.4 is 0 Å². The quantitative estimate of drug-likeness (QED) is 0.172. The van der Waals surface area contributed by atoms with E-state index in [0.29, 0.717) is 29.8 Å². The summed E-state index contributed by atoms with van der Waals surface area (Å²) < 4.78 is 16.9. The van der Waals surface area contributed by atoms with Gasteiger partial charge in [-0.05, 0) is 173 Å². The van der Waals surface area contributed by atoms with Gasteiger partial charge in [0, 0.05) is 13.0 Å². The normalized spacial score (nSPS) is 45.2. The van der Waals surface area contributed by atoms with Crippen LogP contribution in [0.4, 0.5) is 0 Å². The zero-order valence-corrected chi connectivity index (χ0v) is 36.9. The molecule has 9 rings (SSSR count). The van der Waals surface area contributed by atoms with Gasteiger partial charge >= 0.3 is 11.9 Å². The van der Waals surface area contributed by atoms with Gasteiger partial charge in [0.2, 0.25) is 0 Å². The summed E-state index contributed by atoms with van der Waals surface area (Å²) in [5.74, 6) is 12.9. The fourth-order valence-electron chi connectivity index (χ4n) is 13.7. The molecule has 6 bridgehead atoms. The maximum absolute atomic E-state index is 11.9. The zero-order valence-electron chi connectivity index (χ0n) is 36.9. The molecule has 9 aliphatic carbocycles. The first-order chi connectivity index (χ1) is 26.9. The lowest BCUT2D eigenvalue weighted by molar-refractivity contribution is -0.158. The summed E-state index contributed by atoms with van der Waals surface area (Å²) in [5, 5.41) is 0. The first-order valence-electron chi connectivity index (χ1n) is 23.8. The van der Waals surface area contributed by atoms with Crippen LogP contribution in [0.25, 0.3) is 0 Å². The van der Waals surface area contributed by atoms with Crippen LogP contribution in [0.3, 0.4) is 0 Å². The van der Waals surface area contributed by atoms with Gasteiger partial charge in [0.25, 0.3) is 0 Å². The molecule has 0 aliphatic heterocycles. The minimum Gasteiger partial charge on any atom is -0.462 e. The first-order valence-corrected chi connectivity index (χ1v) is 23.8. The Hall–Kier alpha value is -1.88. The van der Waals surface area contributed by atoms with Crippen LogP contribution in [0.1, 0.15) is 145 Å². The lowest BCUT2D eigenvalue weighted by atomic mass is 9.76. The molecule has 0 aromatic rings. The van der Waals surface area contributed by atoms with E-state index in [1.165, 1.54) is 70.6 Å². The Labute approximate surface area is 343 Å². The van der Waals surface area contributed by atoms with E-state index in [1.807, 2.05) is 27.9 Å². The van der Waals surface area contributed by atoms with Crippen LogP contribution in [0.5, 0.6) is 0 Å². The number of methoxy groups -OCH3 is 1. The zero-order chi connectivity index (χ0) is 40.3. The number of carbonyl (C=O) groups is 2. The summed E-state index contributed by atoms with van der Waals surface area (Å²) in [6.07, 6.45) is 28.8. The highest BCUT2D eigenvalue weighted by Crippen LogP contribution is 2.60. The van der Waals surface area contributed by atoms with Crippen molar-refractivity contribution in [2.45, 2.75) is 163 Å². The van der Waals surface area contributed by atoms with Crippen LogP contribution in [0.2, 0.25) is 0 Å². The molecule has 56 heavy (non-hydrogen) atoms. The van der Waals surface area contributed by atoms with E-state index in [4.69, 9.17) is 14.2 Å². The van der Waals surface area contributed by atoms with Crippen molar-refractivity contribution in [2.24, 2.45) is 101 Å². The van der Waals surface area contributed by atoms with Crippen LogP contribution in [-0.2, 0) is 23.8 Å². The van der Waals surface area contributed by atoms with Crippen molar-refractivity contribution in [3.63, 3.8) is 0 Å². The van der Waals surface area contributed by atoms with E-state index in [0.717, 1.165) is 90.8 Å². The molecule has 0 heterocycles. The van der Waals surface area contributed by atoms with E-state index in [9.17, 15) is 9.59 Å². The molecule has 0 amide bonds. The molecule has 0 radical (unpaired) electrons. The van der Waals surface area contributed by atoms with Gasteiger partial charge in [-0.3, -0.25) is 9.59 Å². The summed E-state index contributed by atoms with van der Waals surface area (Å²) in [6.45, 7) is 22.9. The number of rotatable bonds is 9. The van der Waals surface area contributed by atoms with Crippen molar-refractivity contribution in [3.8, 4) is 0 Å².